The topological polar surface area (TPSA) is 78.4 Å². The van der Waals surface area contributed by atoms with Gasteiger partial charge in [0.25, 0.3) is 0 Å². The molecule has 0 fully saturated rings. The summed E-state index contributed by atoms with van der Waals surface area (Å²) in [4.78, 5) is 11.8. The molecule has 1 atom stereocenters. The lowest BCUT2D eigenvalue weighted by molar-refractivity contribution is 0.194. The van der Waals surface area contributed by atoms with Gasteiger partial charge in [-0.15, -0.1) is 15.0 Å². The minimum atomic E-state index is -0.0539. The van der Waals surface area contributed by atoms with E-state index in [1.807, 2.05) is 14.0 Å². The molecular weight excluding hydrogens is 212 g/mol. The number of aromatic nitrogens is 3. The van der Waals surface area contributed by atoms with Crippen LogP contribution in [0.3, 0.4) is 0 Å². The van der Waals surface area contributed by atoms with Gasteiger partial charge in [-0.3, -0.25) is 0 Å². The lowest BCUT2D eigenvalue weighted by atomic mass is 10.4. The van der Waals surface area contributed by atoms with Gasteiger partial charge in [0.05, 0.1) is 14.2 Å². The van der Waals surface area contributed by atoms with Crippen molar-refractivity contribution in [1.29, 1.82) is 0 Å². The molecule has 1 aromatic heterocycles. The average Bonchev–Trinajstić information content (AvgIpc) is 2.28. The standard InChI is InChI=1S/C9H16N4O3/c1-6(5-10-2)16-9-12-7(14-3)11-8(13-9)15-4/h6,10H,5H2,1-4H3. The molecule has 0 aromatic carbocycles. The number of rotatable bonds is 6. The van der Waals surface area contributed by atoms with E-state index < -0.39 is 0 Å². The molecule has 0 aliphatic carbocycles. The quantitative estimate of drug-likeness (QED) is 0.726. The highest BCUT2D eigenvalue weighted by Gasteiger charge is 2.10. The summed E-state index contributed by atoms with van der Waals surface area (Å²) in [5.41, 5.74) is 0. The molecule has 1 unspecified atom stereocenters. The van der Waals surface area contributed by atoms with Crippen molar-refractivity contribution in [2.45, 2.75) is 13.0 Å². The van der Waals surface area contributed by atoms with Crippen LogP contribution in [0.2, 0.25) is 0 Å². The van der Waals surface area contributed by atoms with Gasteiger partial charge in [0.1, 0.15) is 6.10 Å². The fourth-order valence-corrected chi connectivity index (χ4v) is 1.06. The highest BCUT2D eigenvalue weighted by molar-refractivity contribution is 5.08. The molecule has 0 amide bonds. The summed E-state index contributed by atoms with van der Waals surface area (Å²) < 4.78 is 15.3. The van der Waals surface area contributed by atoms with Crippen LogP contribution in [0, 0.1) is 0 Å². The number of likely N-dealkylation sites (N-methyl/N-ethyl adjacent to an activating group) is 1. The van der Waals surface area contributed by atoms with Crippen molar-refractivity contribution >= 4 is 0 Å². The largest absolute Gasteiger partial charge is 0.467 e. The van der Waals surface area contributed by atoms with E-state index >= 15 is 0 Å². The van der Waals surface area contributed by atoms with Crippen LogP contribution in [0.15, 0.2) is 0 Å². The molecule has 1 heterocycles. The lowest BCUT2D eigenvalue weighted by Gasteiger charge is -2.12. The van der Waals surface area contributed by atoms with Gasteiger partial charge in [-0.25, -0.2) is 0 Å². The third-order valence-corrected chi connectivity index (χ3v) is 1.74. The van der Waals surface area contributed by atoms with E-state index in [0.717, 1.165) is 0 Å². The van der Waals surface area contributed by atoms with Gasteiger partial charge in [-0.2, -0.15) is 0 Å². The zero-order chi connectivity index (χ0) is 12.0. The fourth-order valence-electron chi connectivity index (χ4n) is 1.06. The third kappa shape index (κ3) is 3.50. The zero-order valence-electron chi connectivity index (χ0n) is 9.85. The maximum atomic E-state index is 5.46. The van der Waals surface area contributed by atoms with Gasteiger partial charge in [0.2, 0.25) is 0 Å². The molecule has 90 valence electrons. The minimum absolute atomic E-state index is 0.0539. The van der Waals surface area contributed by atoms with Gasteiger partial charge < -0.3 is 19.5 Å². The van der Waals surface area contributed by atoms with E-state index in [-0.39, 0.29) is 24.1 Å². The molecule has 0 saturated carbocycles. The second kappa shape index (κ2) is 6.06. The van der Waals surface area contributed by atoms with Crippen LogP contribution in [0.5, 0.6) is 18.0 Å². The number of ether oxygens (including phenoxy) is 3. The normalized spacial score (nSPS) is 12.0. The molecule has 7 nitrogen and oxygen atoms in total. The Morgan fingerprint density at radius 2 is 1.56 bits per heavy atom. The van der Waals surface area contributed by atoms with Crippen molar-refractivity contribution in [3.05, 3.63) is 0 Å². The van der Waals surface area contributed by atoms with Crippen molar-refractivity contribution in [1.82, 2.24) is 20.3 Å². The Morgan fingerprint density at radius 3 is 2.00 bits per heavy atom. The molecule has 0 aliphatic rings. The summed E-state index contributed by atoms with van der Waals surface area (Å²) in [6, 6.07) is 0.517. The molecule has 1 N–H and O–H groups in total. The third-order valence-electron chi connectivity index (χ3n) is 1.74. The molecular formula is C9H16N4O3. The summed E-state index contributed by atoms with van der Waals surface area (Å²) >= 11 is 0. The Bertz CT molecular complexity index is 312. The Morgan fingerprint density at radius 1 is 1.06 bits per heavy atom. The second-order valence-corrected chi connectivity index (χ2v) is 3.08. The van der Waals surface area contributed by atoms with Crippen LogP contribution in [0.25, 0.3) is 0 Å². The van der Waals surface area contributed by atoms with Crippen LogP contribution in [-0.2, 0) is 0 Å². The van der Waals surface area contributed by atoms with E-state index in [9.17, 15) is 0 Å². The number of hydrogen-bond donors (Lipinski definition) is 1. The molecule has 0 spiro atoms. The maximum Gasteiger partial charge on any atom is 0.326 e. The molecule has 1 rings (SSSR count). The number of hydrogen-bond acceptors (Lipinski definition) is 7. The molecule has 16 heavy (non-hydrogen) atoms. The first-order valence-corrected chi connectivity index (χ1v) is 4.85. The van der Waals surface area contributed by atoms with Crippen molar-refractivity contribution in [2.75, 3.05) is 27.8 Å². The Balaban J connectivity index is 2.78. The van der Waals surface area contributed by atoms with E-state index in [4.69, 9.17) is 14.2 Å². The van der Waals surface area contributed by atoms with Crippen molar-refractivity contribution in [3.63, 3.8) is 0 Å². The van der Waals surface area contributed by atoms with E-state index in [1.165, 1.54) is 14.2 Å². The van der Waals surface area contributed by atoms with Crippen LogP contribution < -0.4 is 19.5 Å². The SMILES string of the molecule is CNCC(C)Oc1nc(OC)nc(OC)n1. The first-order chi connectivity index (χ1) is 7.69. The van der Waals surface area contributed by atoms with Gasteiger partial charge in [0, 0.05) is 6.54 Å². The Kier molecular flexibility index (Phi) is 4.71. The molecule has 0 aliphatic heterocycles. The summed E-state index contributed by atoms with van der Waals surface area (Å²) in [5.74, 6) is 0. The lowest BCUT2D eigenvalue weighted by Crippen LogP contribution is -2.26. The highest BCUT2D eigenvalue weighted by Crippen LogP contribution is 2.14. The summed E-state index contributed by atoms with van der Waals surface area (Å²) in [7, 11) is 4.78. The van der Waals surface area contributed by atoms with Crippen LogP contribution in [0.1, 0.15) is 6.92 Å². The molecule has 1 aromatic rings. The molecule has 7 heteroatoms. The van der Waals surface area contributed by atoms with Gasteiger partial charge in [0.15, 0.2) is 0 Å². The maximum absolute atomic E-state index is 5.46. The van der Waals surface area contributed by atoms with Gasteiger partial charge in [-0.05, 0) is 14.0 Å². The number of nitrogens with zero attached hydrogens (tertiary/aromatic N) is 3. The number of methoxy groups -OCH3 is 2. The predicted molar refractivity (Wildman–Crippen MR) is 56.9 cm³/mol. The summed E-state index contributed by atoms with van der Waals surface area (Å²) in [5, 5.41) is 2.99. The van der Waals surface area contributed by atoms with Crippen molar-refractivity contribution in [3.8, 4) is 18.0 Å². The Hall–Kier alpha value is -1.63. The van der Waals surface area contributed by atoms with Crippen molar-refractivity contribution < 1.29 is 14.2 Å². The number of nitrogens with one attached hydrogen (secondary N) is 1. The minimum Gasteiger partial charge on any atom is -0.467 e. The van der Waals surface area contributed by atoms with Crippen molar-refractivity contribution in [2.24, 2.45) is 0 Å². The monoisotopic (exact) mass is 228 g/mol. The first-order valence-electron chi connectivity index (χ1n) is 4.85. The predicted octanol–water partition coefficient (Wildman–Crippen LogP) is -0.124. The van der Waals surface area contributed by atoms with Crippen LogP contribution >= 0.6 is 0 Å². The average molecular weight is 228 g/mol. The first kappa shape index (κ1) is 12.4. The van der Waals surface area contributed by atoms with Gasteiger partial charge in [-0.1, -0.05) is 0 Å². The van der Waals surface area contributed by atoms with E-state index in [1.54, 1.807) is 0 Å². The van der Waals surface area contributed by atoms with E-state index in [2.05, 4.69) is 20.3 Å². The van der Waals surface area contributed by atoms with Crippen LogP contribution in [-0.4, -0.2) is 48.9 Å². The highest BCUT2D eigenvalue weighted by atomic mass is 16.5. The summed E-state index contributed by atoms with van der Waals surface area (Å²) in [6.45, 7) is 2.59. The van der Waals surface area contributed by atoms with E-state index in [0.29, 0.717) is 6.54 Å². The smallest absolute Gasteiger partial charge is 0.326 e. The second-order valence-electron chi connectivity index (χ2n) is 3.08. The summed E-state index contributed by atoms with van der Waals surface area (Å²) in [6.07, 6.45) is -0.0539. The van der Waals surface area contributed by atoms with Crippen LogP contribution in [0.4, 0.5) is 0 Å². The van der Waals surface area contributed by atoms with Gasteiger partial charge >= 0.3 is 18.0 Å². The fraction of sp³-hybridized carbons (Fsp3) is 0.667. The molecule has 0 bridgehead atoms. The molecule has 0 saturated heterocycles. The Labute approximate surface area is 94.2 Å². The molecule has 0 radical (unpaired) electrons. The zero-order valence-corrected chi connectivity index (χ0v) is 9.85.